The van der Waals surface area contributed by atoms with Crippen LogP contribution in [0.3, 0.4) is 0 Å². The van der Waals surface area contributed by atoms with Crippen LogP contribution in [-0.4, -0.2) is 23.1 Å². The van der Waals surface area contributed by atoms with Gasteiger partial charge >= 0.3 is 0 Å². The summed E-state index contributed by atoms with van der Waals surface area (Å²) in [6.07, 6.45) is 4.23. The van der Waals surface area contributed by atoms with Crippen LogP contribution in [0.2, 0.25) is 0 Å². The summed E-state index contributed by atoms with van der Waals surface area (Å²) >= 11 is 0. The van der Waals surface area contributed by atoms with Crippen molar-refractivity contribution >= 4 is 0 Å². The topological polar surface area (TPSA) is 37.8 Å². The van der Waals surface area contributed by atoms with Crippen molar-refractivity contribution in [3.63, 3.8) is 0 Å². The molecule has 0 atom stereocenters. The van der Waals surface area contributed by atoms with Crippen LogP contribution >= 0.6 is 0 Å². The number of nitrogens with one attached hydrogen (secondary N) is 1. The minimum Gasteiger partial charge on any atom is -0.316 e. The summed E-state index contributed by atoms with van der Waals surface area (Å²) in [6.45, 7) is 13.0. The largest absolute Gasteiger partial charge is 0.316 e. The van der Waals surface area contributed by atoms with Crippen LogP contribution in [0, 0.1) is 0 Å². The number of nitrogens with zero attached hydrogens (tertiary/aromatic N) is 2. The van der Waals surface area contributed by atoms with Crippen LogP contribution in [0.1, 0.15) is 69.7 Å². The van der Waals surface area contributed by atoms with Gasteiger partial charge in [-0.15, -0.1) is 0 Å². The van der Waals surface area contributed by atoms with Crippen LogP contribution in [0.4, 0.5) is 0 Å². The van der Waals surface area contributed by atoms with Crippen molar-refractivity contribution in [3.8, 4) is 0 Å². The molecule has 1 aromatic heterocycles. The molecule has 108 valence electrons. The molecule has 0 unspecified atom stereocenters. The lowest BCUT2D eigenvalue weighted by molar-refractivity contribution is 0.656. The first kappa shape index (κ1) is 16.1. The van der Waals surface area contributed by atoms with Crippen molar-refractivity contribution in [2.24, 2.45) is 0 Å². The second kappa shape index (κ2) is 8.26. The second-order valence-electron chi connectivity index (χ2n) is 5.32. The summed E-state index contributed by atoms with van der Waals surface area (Å²) in [6, 6.07) is 0. The Balaban J connectivity index is 2.93. The zero-order chi connectivity index (χ0) is 14.3. The Morgan fingerprint density at radius 2 is 1.53 bits per heavy atom. The van der Waals surface area contributed by atoms with Gasteiger partial charge in [0.2, 0.25) is 0 Å². The molecule has 0 aliphatic carbocycles. The molecule has 1 N–H and O–H groups in total. The summed E-state index contributed by atoms with van der Waals surface area (Å²) in [5.74, 6) is 1.40. The molecular weight excluding hydrogens is 234 g/mol. The summed E-state index contributed by atoms with van der Waals surface area (Å²) in [4.78, 5) is 9.52. The molecule has 0 radical (unpaired) electrons. The lowest BCUT2D eigenvalue weighted by Crippen LogP contribution is -2.20. The maximum atomic E-state index is 4.76. The van der Waals surface area contributed by atoms with Crippen LogP contribution in [-0.2, 0) is 19.3 Å². The van der Waals surface area contributed by atoms with Crippen LogP contribution in [0.5, 0.6) is 0 Å². The fourth-order valence-corrected chi connectivity index (χ4v) is 2.25. The van der Waals surface area contributed by atoms with E-state index in [1.54, 1.807) is 0 Å². The quantitative estimate of drug-likeness (QED) is 0.732. The number of aromatic nitrogens is 2. The maximum Gasteiger partial charge on any atom is 0.131 e. The van der Waals surface area contributed by atoms with E-state index in [1.165, 1.54) is 23.4 Å². The number of hydrogen-bond donors (Lipinski definition) is 1. The monoisotopic (exact) mass is 263 g/mol. The highest BCUT2D eigenvalue weighted by Gasteiger charge is 2.13. The molecule has 0 amide bonds. The molecule has 19 heavy (non-hydrogen) atoms. The standard InChI is InChI=1S/C16H29N3/c1-6-10-17-11-9-13-14(7-2)18-16(12(4)5)19-15(13)8-3/h12,17H,6-11H2,1-5H3. The minimum absolute atomic E-state index is 0.405. The van der Waals surface area contributed by atoms with E-state index in [0.717, 1.165) is 38.2 Å². The minimum atomic E-state index is 0.405. The van der Waals surface area contributed by atoms with Gasteiger partial charge in [-0.2, -0.15) is 0 Å². The van der Waals surface area contributed by atoms with Crippen molar-refractivity contribution in [2.75, 3.05) is 13.1 Å². The molecule has 0 aliphatic heterocycles. The Hall–Kier alpha value is -0.960. The zero-order valence-corrected chi connectivity index (χ0v) is 13.2. The summed E-state index contributed by atoms with van der Waals surface area (Å²) < 4.78 is 0. The average molecular weight is 263 g/mol. The normalized spacial score (nSPS) is 11.3. The SMILES string of the molecule is CCCNCCc1c(CC)nc(C(C)C)nc1CC. The summed E-state index contributed by atoms with van der Waals surface area (Å²) in [5, 5.41) is 3.47. The van der Waals surface area contributed by atoms with E-state index in [2.05, 4.69) is 39.9 Å². The Kier molecular flexibility index (Phi) is 7.00. The van der Waals surface area contributed by atoms with Gasteiger partial charge in [-0.3, -0.25) is 0 Å². The molecule has 1 aromatic rings. The third-order valence-electron chi connectivity index (χ3n) is 3.36. The fourth-order valence-electron chi connectivity index (χ4n) is 2.25. The van der Waals surface area contributed by atoms with Gasteiger partial charge in [0.05, 0.1) is 0 Å². The van der Waals surface area contributed by atoms with E-state index in [9.17, 15) is 0 Å². The highest BCUT2D eigenvalue weighted by Crippen LogP contribution is 2.18. The highest BCUT2D eigenvalue weighted by molar-refractivity contribution is 5.27. The molecule has 0 bridgehead atoms. The molecular formula is C16H29N3. The Bertz CT molecular complexity index is 361. The van der Waals surface area contributed by atoms with Gasteiger partial charge in [0.1, 0.15) is 5.82 Å². The Morgan fingerprint density at radius 3 is 1.95 bits per heavy atom. The van der Waals surface area contributed by atoms with E-state index in [4.69, 9.17) is 9.97 Å². The van der Waals surface area contributed by atoms with E-state index in [0.29, 0.717) is 5.92 Å². The molecule has 0 aliphatic rings. The lowest BCUT2D eigenvalue weighted by Gasteiger charge is -2.15. The highest BCUT2D eigenvalue weighted by atomic mass is 14.9. The van der Waals surface area contributed by atoms with Crippen molar-refractivity contribution in [3.05, 3.63) is 22.8 Å². The van der Waals surface area contributed by atoms with Gasteiger partial charge in [-0.25, -0.2) is 9.97 Å². The number of aryl methyl sites for hydroxylation is 2. The predicted octanol–water partition coefficient (Wildman–Crippen LogP) is 3.27. The molecule has 1 heterocycles. The van der Waals surface area contributed by atoms with E-state index in [1.807, 2.05) is 0 Å². The first-order valence-corrected chi connectivity index (χ1v) is 7.73. The van der Waals surface area contributed by atoms with Crippen molar-refractivity contribution in [1.82, 2.24) is 15.3 Å². The molecule has 0 fully saturated rings. The van der Waals surface area contributed by atoms with Gasteiger partial charge < -0.3 is 5.32 Å². The van der Waals surface area contributed by atoms with E-state index in [-0.39, 0.29) is 0 Å². The van der Waals surface area contributed by atoms with Gasteiger partial charge in [0, 0.05) is 17.3 Å². The first-order valence-electron chi connectivity index (χ1n) is 7.73. The second-order valence-corrected chi connectivity index (χ2v) is 5.32. The van der Waals surface area contributed by atoms with E-state index >= 15 is 0 Å². The molecule has 1 rings (SSSR count). The van der Waals surface area contributed by atoms with Gasteiger partial charge in [0.15, 0.2) is 0 Å². The van der Waals surface area contributed by atoms with Crippen LogP contribution in [0.25, 0.3) is 0 Å². The number of rotatable bonds is 8. The Labute approximate surface area is 118 Å². The molecule has 3 nitrogen and oxygen atoms in total. The van der Waals surface area contributed by atoms with Gasteiger partial charge in [-0.05, 0) is 44.3 Å². The van der Waals surface area contributed by atoms with Crippen molar-refractivity contribution in [2.45, 2.75) is 66.2 Å². The van der Waals surface area contributed by atoms with Gasteiger partial charge in [-0.1, -0.05) is 34.6 Å². The molecule has 0 spiro atoms. The lowest BCUT2D eigenvalue weighted by atomic mass is 10.0. The van der Waals surface area contributed by atoms with Crippen LogP contribution in [0.15, 0.2) is 0 Å². The molecule has 0 saturated heterocycles. The third kappa shape index (κ3) is 4.57. The summed E-state index contributed by atoms with van der Waals surface area (Å²) in [5.41, 5.74) is 3.86. The zero-order valence-electron chi connectivity index (χ0n) is 13.2. The fraction of sp³-hybridized carbons (Fsp3) is 0.750. The predicted molar refractivity (Wildman–Crippen MR) is 81.7 cm³/mol. The molecule has 3 heteroatoms. The molecule has 0 aromatic carbocycles. The third-order valence-corrected chi connectivity index (χ3v) is 3.36. The van der Waals surface area contributed by atoms with Crippen molar-refractivity contribution < 1.29 is 0 Å². The van der Waals surface area contributed by atoms with Crippen molar-refractivity contribution in [1.29, 1.82) is 0 Å². The molecule has 0 saturated carbocycles. The number of hydrogen-bond acceptors (Lipinski definition) is 3. The van der Waals surface area contributed by atoms with Gasteiger partial charge in [0.25, 0.3) is 0 Å². The first-order chi connectivity index (χ1) is 9.13. The maximum absolute atomic E-state index is 4.76. The van der Waals surface area contributed by atoms with Crippen LogP contribution < -0.4 is 5.32 Å². The Morgan fingerprint density at radius 1 is 0.947 bits per heavy atom. The smallest absolute Gasteiger partial charge is 0.131 e. The average Bonchev–Trinajstić information content (AvgIpc) is 2.42. The summed E-state index contributed by atoms with van der Waals surface area (Å²) in [7, 11) is 0. The van der Waals surface area contributed by atoms with E-state index < -0.39 is 0 Å².